The third-order valence-electron chi connectivity index (χ3n) is 5.32. The number of aromatic nitrogens is 2. The molecule has 0 atom stereocenters. The quantitative estimate of drug-likeness (QED) is 0.189. The summed E-state index contributed by atoms with van der Waals surface area (Å²) in [5.74, 6) is 1.21. The van der Waals surface area contributed by atoms with Gasteiger partial charge in [0, 0.05) is 69.0 Å². The van der Waals surface area contributed by atoms with Gasteiger partial charge >= 0.3 is 0 Å². The molecule has 2 rings (SSSR count). The molecule has 1 saturated heterocycles. The third kappa shape index (κ3) is 10.1. The highest BCUT2D eigenvalue weighted by Crippen LogP contribution is 2.20. The molecular formula is C25H37ClN8O2. The van der Waals surface area contributed by atoms with Gasteiger partial charge in [-0.2, -0.15) is 4.98 Å². The smallest absolute Gasteiger partial charge is 0.248 e. The summed E-state index contributed by atoms with van der Waals surface area (Å²) >= 11 is 6.27. The molecule has 1 fully saturated rings. The van der Waals surface area contributed by atoms with Crippen LogP contribution in [0.15, 0.2) is 66.0 Å². The minimum atomic E-state index is -0.283. The van der Waals surface area contributed by atoms with E-state index in [0.717, 1.165) is 37.4 Å². The topological polar surface area (TPSA) is 121 Å². The standard InChI is InChI=1S/C25H37ClN8O2/c1-18(13-19(2)31-23(35)7-6-8-27)15-28-24-22(26)17-30-25(32-24)29-16-21(36-5)14-20(3)34-11-9-33(4)10-12-34/h6-7,13-14,16-17H,2,8-12,15,27H2,1,3-5H3,(H,31,35)(H2,28,29,30,32)/b7-6+,18-13+,20-14+,21-16-. The van der Waals surface area contributed by atoms with Crippen LogP contribution in [0.25, 0.3) is 0 Å². The van der Waals surface area contributed by atoms with Crippen molar-refractivity contribution >= 4 is 29.3 Å². The first-order valence-electron chi connectivity index (χ1n) is 11.6. The second-order valence-corrected chi connectivity index (χ2v) is 8.77. The van der Waals surface area contributed by atoms with Gasteiger partial charge in [0.1, 0.15) is 10.8 Å². The van der Waals surface area contributed by atoms with Crippen LogP contribution >= 0.6 is 11.6 Å². The van der Waals surface area contributed by atoms with Gasteiger partial charge in [-0.15, -0.1) is 0 Å². The summed E-state index contributed by atoms with van der Waals surface area (Å²) in [6.45, 7) is 12.6. The number of nitrogens with one attached hydrogen (secondary N) is 3. The summed E-state index contributed by atoms with van der Waals surface area (Å²) in [6.07, 6.45) is 9.92. The number of rotatable bonds is 12. The third-order valence-corrected chi connectivity index (χ3v) is 5.60. The van der Waals surface area contributed by atoms with Crippen molar-refractivity contribution in [1.29, 1.82) is 0 Å². The Labute approximate surface area is 218 Å². The highest BCUT2D eigenvalue weighted by molar-refractivity contribution is 6.32. The number of carbonyl (C=O) groups excluding carboxylic acids is 1. The SMILES string of the molecule is C=C(/C=C(\C)CNc1nc(N/C=C(/C=C(\C)N2CCN(C)CC2)OC)ncc1Cl)NC(=O)/C=C/CN. The lowest BCUT2D eigenvalue weighted by Crippen LogP contribution is -2.43. The number of piperazine rings is 1. The predicted molar refractivity (Wildman–Crippen MR) is 146 cm³/mol. The van der Waals surface area contributed by atoms with Crippen LogP contribution in [-0.2, 0) is 9.53 Å². The molecule has 0 saturated carbocycles. The van der Waals surface area contributed by atoms with Gasteiger partial charge in [-0.05, 0) is 27.0 Å². The van der Waals surface area contributed by atoms with Crippen LogP contribution in [0.1, 0.15) is 13.8 Å². The van der Waals surface area contributed by atoms with E-state index in [1.165, 1.54) is 12.3 Å². The summed E-state index contributed by atoms with van der Waals surface area (Å²) in [4.78, 5) is 25.0. The van der Waals surface area contributed by atoms with Crippen molar-refractivity contribution in [2.75, 3.05) is 64.1 Å². The largest absolute Gasteiger partial charge is 0.495 e. The van der Waals surface area contributed by atoms with Crippen LogP contribution in [0, 0.1) is 0 Å². The van der Waals surface area contributed by atoms with E-state index < -0.39 is 0 Å². The van der Waals surface area contributed by atoms with Gasteiger partial charge in [-0.1, -0.05) is 29.8 Å². The molecule has 10 nitrogen and oxygen atoms in total. The maximum absolute atomic E-state index is 11.7. The van der Waals surface area contributed by atoms with Crippen molar-refractivity contribution in [3.05, 3.63) is 71.0 Å². The molecule has 0 aromatic carbocycles. The second kappa shape index (κ2) is 14.9. The number of nitrogens with two attached hydrogens (primary N) is 1. The number of nitrogens with zero attached hydrogens (tertiary/aromatic N) is 4. The number of carbonyl (C=O) groups is 1. The number of hydrogen-bond acceptors (Lipinski definition) is 9. The summed E-state index contributed by atoms with van der Waals surface area (Å²) in [5, 5.41) is 9.29. The highest BCUT2D eigenvalue weighted by Gasteiger charge is 2.14. The zero-order valence-electron chi connectivity index (χ0n) is 21.5. The molecule has 0 radical (unpaired) electrons. The van der Waals surface area contributed by atoms with Gasteiger partial charge < -0.3 is 36.2 Å². The van der Waals surface area contributed by atoms with E-state index in [2.05, 4.69) is 56.3 Å². The first-order valence-corrected chi connectivity index (χ1v) is 12.0. The Bertz CT molecular complexity index is 1030. The van der Waals surface area contributed by atoms with Gasteiger partial charge in [-0.3, -0.25) is 4.79 Å². The lowest BCUT2D eigenvalue weighted by molar-refractivity contribution is -0.115. The lowest BCUT2D eigenvalue weighted by atomic mass is 10.2. The molecular weight excluding hydrogens is 480 g/mol. The van der Waals surface area contributed by atoms with Gasteiger partial charge in [0.15, 0.2) is 5.82 Å². The van der Waals surface area contributed by atoms with Crippen molar-refractivity contribution in [2.45, 2.75) is 13.8 Å². The molecule has 11 heteroatoms. The molecule has 0 bridgehead atoms. The van der Waals surface area contributed by atoms with Crippen LogP contribution in [0.3, 0.4) is 0 Å². The van der Waals surface area contributed by atoms with Crippen molar-refractivity contribution < 1.29 is 9.53 Å². The molecule has 1 aromatic heterocycles. The fraction of sp³-hybridized carbons (Fsp3) is 0.400. The number of ether oxygens (including phenoxy) is 1. The average Bonchev–Trinajstić information content (AvgIpc) is 2.85. The maximum Gasteiger partial charge on any atom is 0.248 e. The monoisotopic (exact) mass is 516 g/mol. The average molecular weight is 517 g/mol. The van der Waals surface area contributed by atoms with E-state index in [1.54, 1.807) is 25.5 Å². The van der Waals surface area contributed by atoms with Crippen molar-refractivity contribution in [1.82, 2.24) is 25.1 Å². The van der Waals surface area contributed by atoms with Crippen LogP contribution in [0.2, 0.25) is 5.02 Å². The van der Waals surface area contributed by atoms with E-state index >= 15 is 0 Å². The summed E-state index contributed by atoms with van der Waals surface area (Å²) in [5.41, 5.74) is 7.86. The normalized spacial score (nSPS) is 15.7. The van der Waals surface area contributed by atoms with Crippen molar-refractivity contribution in [3.63, 3.8) is 0 Å². The number of methoxy groups -OCH3 is 1. The molecule has 36 heavy (non-hydrogen) atoms. The Morgan fingerprint density at radius 3 is 2.67 bits per heavy atom. The number of allylic oxidation sites excluding steroid dienone is 3. The summed E-state index contributed by atoms with van der Waals surface area (Å²) in [7, 11) is 3.75. The zero-order valence-corrected chi connectivity index (χ0v) is 22.2. The molecule has 5 N–H and O–H groups in total. The molecule has 0 aliphatic carbocycles. The van der Waals surface area contributed by atoms with Crippen molar-refractivity contribution in [2.24, 2.45) is 5.73 Å². The molecule has 2 heterocycles. The second-order valence-electron chi connectivity index (χ2n) is 8.36. The molecule has 1 aliphatic rings. The van der Waals surface area contributed by atoms with Crippen LogP contribution in [0.4, 0.5) is 11.8 Å². The Balaban J connectivity index is 1.98. The minimum absolute atomic E-state index is 0.283. The fourth-order valence-corrected chi connectivity index (χ4v) is 3.45. The molecule has 1 aromatic rings. The summed E-state index contributed by atoms with van der Waals surface area (Å²) in [6, 6.07) is 0. The Hall–Kier alpha value is -3.34. The lowest BCUT2D eigenvalue weighted by Gasteiger charge is -2.34. The predicted octanol–water partition coefficient (Wildman–Crippen LogP) is 2.68. The maximum atomic E-state index is 11.7. The number of hydrogen-bond donors (Lipinski definition) is 4. The molecule has 196 valence electrons. The molecule has 0 unspecified atom stereocenters. The van der Waals surface area contributed by atoms with Gasteiger partial charge in [0.2, 0.25) is 11.9 Å². The molecule has 1 amide bonds. The Morgan fingerprint density at radius 1 is 1.28 bits per heavy atom. The van der Waals surface area contributed by atoms with Crippen LogP contribution in [0.5, 0.6) is 0 Å². The van der Waals surface area contributed by atoms with E-state index in [4.69, 9.17) is 22.1 Å². The van der Waals surface area contributed by atoms with E-state index in [0.29, 0.717) is 41.3 Å². The Kier molecular flexibility index (Phi) is 12.0. The first kappa shape index (κ1) is 28.9. The number of amides is 1. The van der Waals surface area contributed by atoms with Gasteiger partial charge in [0.25, 0.3) is 0 Å². The van der Waals surface area contributed by atoms with Gasteiger partial charge in [-0.25, -0.2) is 4.98 Å². The van der Waals surface area contributed by atoms with E-state index in [1.807, 2.05) is 13.0 Å². The highest BCUT2D eigenvalue weighted by atomic mass is 35.5. The number of likely N-dealkylation sites (N-methyl/N-ethyl adjacent to an activating group) is 1. The Morgan fingerprint density at radius 2 is 2.00 bits per heavy atom. The van der Waals surface area contributed by atoms with E-state index in [-0.39, 0.29) is 5.91 Å². The first-order chi connectivity index (χ1) is 17.2. The van der Waals surface area contributed by atoms with Crippen molar-refractivity contribution in [3.8, 4) is 0 Å². The van der Waals surface area contributed by atoms with Crippen LogP contribution in [-0.4, -0.2) is 79.1 Å². The molecule has 0 spiro atoms. The zero-order chi connectivity index (χ0) is 26.5. The van der Waals surface area contributed by atoms with Crippen LogP contribution < -0.4 is 21.7 Å². The fourth-order valence-electron chi connectivity index (χ4n) is 3.29. The number of anilines is 2. The summed E-state index contributed by atoms with van der Waals surface area (Å²) < 4.78 is 5.51. The van der Waals surface area contributed by atoms with Gasteiger partial charge in [0.05, 0.1) is 13.3 Å². The molecule has 1 aliphatic heterocycles. The number of halogens is 1. The van der Waals surface area contributed by atoms with E-state index in [9.17, 15) is 4.79 Å². The minimum Gasteiger partial charge on any atom is -0.495 e.